The molecule has 0 bridgehead atoms. The molecule has 170 valence electrons. The SMILES string of the molecule is [C-]#[N+]c1ccc(N(CCOc2ccc3c(c2)CCC(=O)N3)CC(F)(F)F)cc1C(F)(F)F. The van der Waals surface area contributed by atoms with Crippen LogP contribution >= 0.6 is 0 Å². The van der Waals surface area contributed by atoms with Crippen LogP contribution in [0.1, 0.15) is 17.5 Å². The van der Waals surface area contributed by atoms with E-state index in [2.05, 4.69) is 10.2 Å². The van der Waals surface area contributed by atoms with E-state index in [0.717, 1.165) is 22.6 Å². The number of alkyl halides is 6. The zero-order valence-corrected chi connectivity index (χ0v) is 16.5. The van der Waals surface area contributed by atoms with Crippen molar-refractivity contribution in [1.82, 2.24) is 0 Å². The Morgan fingerprint density at radius 3 is 2.47 bits per heavy atom. The van der Waals surface area contributed by atoms with E-state index in [-0.39, 0.29) is 24.7 Å². The molecule has 0 spiro atoms. The molecule has 1 heterocycles. The lowest BCUT2D eigenvalue weighted by molar-refractivity contribution is -0.136. The number of aryl methyl sites for hydroxylation is 1. The molecule has 5 nitrogen and oxygen atoms in total. The van der Waals surface area contributed by atoms with Gasteiger partial charge in [0.25, 0.3) is 0 Å². The number of anilines is 2. The number of carbonyl (C=O) groups excluding carboxylic acids is 1. The van der Waals surface area contributed by atoms with Crippen LogP contribution in [0.15, 0.2) is 36.4 Å². The lowest BCUT2D eigenvalue weighted by atomic mass is 10.0. The molecule has 0 radical (unpaired) electrons. The molecule has 1 aliphatic rings. The first kappa shape index (κ1) is 23.2. The van der Waals surface area contributed by atoms with E-state index in [4.69, 9.17) is 11.3 Å². The number of fused-ring (bicyclic) bond motifs is 1. The Hall–Kier alpha value is -3.42. The number of benzene rings is 2. The van der Waals surface area contributed by atoms with E-state index in [0.29, 0.717) is 30.3 Å². The lowest BCUT2D eigenvalue weighted by Crippen LogP contribution is -2.37. The number of hydrogen-bond donors (Lipinski definition) is 1. The van der Waals surface area contributed by atoms with E-state index < -0.39 is 30.1 Å². The third-order valence-corrected chi connectivity index (χ3v) is 4.74. The Bertz CT molecular complexity index is 1040. The van der Waals surface area contributed by atoms with Crippen LogP contribution in [0, 0.1) is 6.57 Å². The first-order chi connectivity index (χ1) is 15.0. The van der Waals surface area contributed by atoms with Gasteiger partial charge in [0.05, 0.1) is 18.7 Å². The Morgan fingerprint density at radius 2 is 1.81 bits per heavy atom. The summed E-state index contributed by atoms with van der Waals surface area (Å²) in [5.74, 6) is 0.252. The van der Waals surface area contributed by atoms with Crippen LogP contribution < -0.4 is 15.0 Å². The van der Waals surface area contributed by atoms with E-state index >= 15 is 0 Å². The molecule has 0 fully saturated rings. The van der Waals surface area contributed by atoms with Gasteiger partial charge in [0.15, 0.2) is 5.69 Å². The van der Waals surface area contributed by atoms with Gasteiger partial charge in [0, 0.05) is 17.8 Å². The molecular weight excluding hydrogens is 440 g/mol. The Balaban J connectivity index is 1.76. The van der Waals surface area contributed by atoms with Gasteiger partial charge in [-0.25, -0.2) is 4.85 Å². The minimum Gasteiger partial charge on any atom is -0.492 e. The summed E-state index contributed by atoms with van der Waals surface area (Å²) < 4.78 is 84.3. The molecule has 2 aromatic rings. The van der Waals surface area contributed by atoms with Gasteiger partial charge >= 0.3 is 12.4 Å². The van der Waals surface area contributed by atoms with E-state index in [1.54, 1.807) is 18.2 Å². The van der Waals surface area contributed by atoms with Crippen molar-refractivity contribution in [2.24, 2.45) is 0 Å². The largest absolute Gasteiger partial charge is 0.492 e. The maximum absolute atomic E-state index is 13.2. The molecule has 11 heteroatoms. The predicted molar refractivity (Wildman–Crippen MR) is 105 cm³/mol. The molecule has 0 saturated heterocycles. The summed E-state index contributed by atoms with van der Waals surface area (Å²) in [6.07, 6.45) is -8.75. The van der Waals surface area contributed by atoms with Crippen LogP contribution in [0.3, 0.4) is 0 Å². The van der Waals surface area contributed by atoms with Crippen molar-refractivity contribution in [3.63, 3.8) is 0 Å². The molecule has 1 N–H and O–H groups in total. The van der Waals surface area contributed by atoms with Gasteiger partial charge in [-0.1, -0.05) is 6.07 Å². The molecule has 2 aromatic carbocycles. The summed E-state index contributed by atoms with van der Waals surface area (Å²) in [6.45, 7) is 4.80. The first-order valence-corrected chi connectivity index (χ1v) is 9.42. The highest BCUT2D eigenvalue weighted by Crippen LogP contribution is 2.39. The fraction of sp³-hybridized carbons (Fsp3) is 0.333. The molecule has 0 aliphatic carbocycles. The summed E-state index contributed by atoms with van der Waals surface area (Å²) in [6, 6.07) is 7.28. The molecule has 0 atom stereocenters. The van der Waals surface area contributed by atoms with Crippen molar-refractivity contribution < 1.29 is 35.9 Å². The van der Waals surface area contributed by atoms with Crippen LogP contribution in [0.2, 0.25) is 0 Å². The van der Waals surface area contributed by atoms with E-state index in [1.165, 1.54) is 0 Å². The normalized spacial score (nSPS) is 13.7. The van der Waals surface area contributed by atoms with Gasteiger partial charge in [-0.3, -0.25) is 4.79 Å². The number of nitrogens with one attached hydrogen (secondary N) is 1. The van der Waals surface area contributed by atoms with Crippen molar-refractivity contribution in [2.45, 2.75) is 25.2 Å². The van der Waals surface area contributed by atoms with Crippen molar-refractivity contribution in [1.29, 1.82) is 0 Å². The number of amides is 1. The summed E-state index contributed by atoms with van der Waals surface area (Å²) in [4.78, 5) is 14.9. The highest BCUT2D eigenvalue weighted by atomic mass is 19.4. The third kappa shape index (κ3) is 5.84. The average Bonchev–Trinajstić information content (AvgIpc) is 2.71. The molecule has 1 aliphatic heterocycles. The van der Waals surface area contributed by atoms with Gasteiger partial charge in [0.2, 0.25) is 5.91 Å². The Labute approximate surface area is 179 Å². The van der Waals surface area contributed by atoms with Crippen molar-refractivity contribution in [3.05, 3.63) is 58.9 Å². The standard InChI is InChI=1S/C21H17F6N3O2/c1-28-18-5-3-14(11-16(18)21(25,26)27)30(12-20(22,23)24)8-9-32-15-4-6-17-13(10-15)2-7-19(31)29-17/h3-6,10-11H,2,7-9,12H2,(H,29,31). The number of hydrogen-bond acceptors (Lipinski definition) is 3. The van der Waals surface area contributed by atoms with Gasteiger partial charge in [-0.2, -0.15) is 26.3 Å². The Morgan fingerprint density at radius 1 is 1.06 bits per heavy atom. The highest BCUT2D eigenvalue weighted by molar-refractivity contribution is 5.94. The van der Waals surface area contributed by atoms with Crippen molar-refractivity contribution in [2.75, 3.05) is 29.9 Å². The van der Waals surface area contributed by atoms with Crippen molar-refractivity contribution >= 4 is 23.0 Å². The van der Waals surface area contributed by atoms with Crippen molar-refractivity contribution in [3.8, 4) is 5.75 Å². The number of halogens is 6. The minimum absolute atomic E-state index is 0.114. The van der Waals surface area contributed by atoms with Gasteiger partial charge in [-0.15, -0.1) is 0 Å². The fourth-order valence-corrected chi connectivity index (χ4v) is 3.28. The first-order valence-electron chi connectivity index (χ1n) is 9.42. The second-order valence-electron chi connectivity index (χ2n) is 7.06. The summed E-state index contributed by atoms with van der Waals surface area (Å²) in [7, 11) is 0. The van der Waals surface area contributed by atoms with Gasteiger partial charge in [-0.05, 0) is 42.3 Å². The third-order valence-electron chi connectivity index (χ3n) is 4.74. The lowest BCUT2D eigenvalue weighted by Gasteiger charge is -2.27. The second-order valence-corrected chi connectivity index (χ2v) is 7.06. The average molecular weight is 457 g/mol. The van der Waals surface area contributed by atoms with Crippen LogP contribution in [-0.4, -0.2) is 31.8 Å². The molecule has 0 saturated carbocycles. The van der Waals surface area contributed by atoms with Crippen LogP contribution in [0.4, 0.5) is 43.4 Å². The minimum atomic E-state index is -4.88. The maximum Gasteiger partial charge on any atom is 0.407 e. The molecular formula is C21H17F6N3O2. The number of carbonyl (C=O) groups is 1. The zero-order chi connectivity index (χ0) is 23.5. The smallest absolute Gasteiger partial charge is 0.407 e. The summed E-state index contributed by atoms with van der Waals surface area (Å²) in [5, 5.41) is 2.69. The molecule has 0 aromatic heterocycles. The van der Waals surface area contributed by atoms with Crippen LogP contribution in [0.25, 0.3) is 4.85 Å². The number of rotatable bonds is 6. The second kappa shape index (κ2) is 8.98. The fourth-order valence-electron chi connectivity index (χ4n) is 3.28. The molecule has 1 amide bonds. The summed E-state index contributed by atoms with van der Waals surface area (Å²) >= 11 is 0. The van der Waals surface area contributed by atoms with Gasteiger partial charge in [0.1, 0.15) is 18.9 Å². The molecule has 3 rings (SSSR count). The van der Waals surface area contributed by atoms with Crippen LogP contribution in [0.5, 0.6) is 5.75 Å². The molecule has 32 heavy (non-hydrogen) atoms. The van der Waals surface area contributed by atoms with Crippen LogP contribution in [-0.2, 0) is 17.4 Å². The monoisotopic (exact) mass is 457 g/mol. The Kier molecular flexibility index (Phi) is 6.52. The van der Waals surface area contributed by atoms with E-state index in [1.807, 2.05) is 0 Å². The zero-order valence-electron chi connectivity index (χ0n) is 16.5. The quantitative estimate of drug-likeness (QED) is 0.455. The van der Waals surface area contributed by atoms with Gasteiger partial charge < -0.3 is 15.0 Å². The predicted octanol–water partition coefficient (Wildman–Crippen LogP) is 5.59. The molecule has 0 unspecified atom stereocenters. The van der Waals surface area contributed by atoms with E-state index in [9.17, 15) is 31.1 Å². The number of ether oxygens (including phenoxy) is 1. The highest BCUT2D eigenvalue weighted by Gasteiger charge is 2.35. The summed E-state index contributed by atoms with van der Waals surface area (Å²) in [5.41, 5.74) is -0.857. The number of nitrogens with zero attached hydrogens (tertiary/aromatic N) is 2. The maximum atomic E-state index is 13.2. The topological polar surface area (TPSA) is 45.9 Å².